The molecule has 1 aliphatic heterocycles. The van der Waals surface area contributed by atoms with Crippen LogP contribution in [-0.2, 0) is 9.47 Å². The number of nitrogens with zero attached hydrogens (tertiary/aromatic N) is 3. The number of carbonyl (C=O) groups is 1. The fourth-order valence-electron chi connectivity index (χ4n) is 4.23. The van der Waals surface area contributed by atoms with Gasteiger partial charge in [-0.3, -0.25) is 0 Å². The Labute approximate surface area is 187 Å². The van der Waals surface area contributed by atoms with Gasteiger partial charge in [0, 0.05) is 24.0 Å². The third-order valence-electron chi connectivity index (χ3n) is 5.59. The maximum Gasteiger partial charge on any atom is 0.419 e. The highest BCUT2D eigenvalue weighted by Crippen LogP contribution is 2.38. The fraction of sp³-hybridized carbons (Fsp3) is 0.308. The van der Waals surface area contributed by atoms with Gasteiger partial charge in [0.15, 0.2) is 0 Å². The number of hydrogen-bond donors (Lipinski definition) is 0. The molecule has 0 aliphatic carbocycles. The van der Waals surface area contributed by atoms with Crippen molar-refractivity contribution in [3.63, 3.8) is 0 Å². The first kappa shape index (κ1) is 20.5. The van der Waals surface area contributed by atoms with Crippen molar-refractivity contribution in [2.24, 2.45) is 0 Å². The van der Waals surface area contributed by atoms with E-state index in [4.69, 9.17) is 14.5 Å². The van der Waals surface area contributed by atoms with Gasteiger partial charge in [0.05, 0.1) is 35.3 Å². The van der Waals surface area contributed by atoms with Gasteiger partial charge in [-0.15, -0.1) is 0 Å². The second-order valence-corrected chi connectivity index (χ2v) is 9.02. The van der Waals surface area contributed by atoms with Crippen molar-refractivity contribution in [3.8, 4) is 11.3 Å². The van der Waals surface area contributed by atoms with Crippen LogP contribution in [0.15, 0.2) is 60.7 Å². The number of fused-ring (bicyclic) bond motifs is 3. The van der Waals surface area contributed by atoms with Crippen LogP contribution in [0.4, 0.5) is 10.6 Å². The lowest BCUT2D eigenvalue weighted by Gasteiger charge is -2.29. The zero-order valence-electron chi connectivity index (χ0n) is 18.7. The SMILES string of the molecule is CC(C)(C)OC(=O)n1c2ccccc2c2c(N3CCOCC3)nc(-c3ccccc3)cc21. The molecule has 32 heavy (non-hydrogen) atoms. The molecule has 0 spiro atoms. The lowest BCUT2D eigenvalue weighted by molar-refractivity contribution is 0.0551. The first-order valence-electron chi connectivity index (χ1n) is 11.0. The number of morpholine rings is 1. The van der Waals surface area contributed by atoms with Crippen molar-refractivity contribution < 1.29 is 14.3 Å². The molecule has 1 fully saturated rings. The maximum absolute atomic E-state index is 13.4. The number of carbonyl (C=O) groups excluding carboxylic acids is 1. The maximum atomic E-state index is 13.4. The molecule has 0 saturated carbocycles. The number of pyridine rings is 1. The van der Waals surface area contributed by atoms with Gasteiger partial charge in [0.25, 0.3) is 0 Å². The predicted octanol–water partition coefficient (Wildman–Crippen LogP) is 5.48. The fourth-order valence-corrected chi connectivity index (χ4v) is 4.23. The summed E-state index contributed by atoms with van der Waals surface area (Å²) in [7, 11) is 0. The first-order chi connectivity index (χ1) is 15.4. The van der Waals surface area contributed by atoms with Crippen molar-refractivity contribution in [2.75, 3.05) is 31.2 Å². The summed E-state index contributed by atoms with van der Waals surface area (Å²) in [6, 6.07) is 20.0. The molecular weight excluding hydrogens is 402 g/mol. The molecule has 5 rings (SSSR count). The molecule has 0 bridgehead atoms. The van der Waals surface area contributed by atoms with Crippen LogP contribution >= 0.6 is 0 Å². The van der Waals surface area contributed by atoms with E-state index in [1.165, 1.54) is 0 Å². The molecule has 0 amide bonds. The molecule has 3 heterocycles. The molecular formula is C26H27N3O3. The van der Waals surface area contributed by atoms with Crippen LogP contribution in [0.3, 0.4) is 0 Å². The summed E-state index contributed by atoms with van der Waals surface area (Å²) >= 11 is 0. The first-order valence-corrected chi connectivity index (χ1v) is 11.0. The summed E-state index contributed by atoms with van der Waals surface area (Å²) in [5.74, 6) is 0.878. The molecule has 0 radical (unpaired) electrons. The quantitative estimate of drug-likeness (QED) is 0.423. The Bertz CT molecular complexity index is 1280. The number of rotatable bonds is 2. The minimum atomic E-state index is -0.600. The second kappa shape index (κ2) is 7.95. The lowest BCUT2D eigenvalue weighted by atomic mass is 10.1. The van der Waals surface area contributed by atoms with Crippen molar-refractivity contribution >= 4 is 33.7 Å². The molecule has 2 aromatic carbocycles. The smallest absolute Gasteiger partial charge is 0.419 e. The molecule has 1 aliphatic rings. The number of para-hydroxylation sites is 1. The van der Waals surface area contributed by atoms with E-state index in [2.05, 4.69) is 4.90 Å². The topological polar surface area (TPSA) is 56.6 Å². The van der Waals surface area contributed by atoms with Gasteiger partial charge in [0.2, 0.25) is 0 Å². The summed E-state index contributed by atoms with van der Waals surface area (Å²) in [6.45, 7) is 8.48. The zero-order chi connectivity index (χ0) is 22.3. The summed E-state index contributed by atoms with van der Waals surface area (Å²) in [6.07, 6.45) is -0.387. The van der Waals surface area contributed by atoms with Gasteiger partial charge < -0.3 is 14.4 Å². The van der Waals surface area contributed by atoms with Crippen LogP contribution in [0.5, 0.6) is 0 Å². The van der Waals surface area contributed by atoms with E-state index < -0.39 is 5.60 Å². The summed E-state index contributed by atoms with van der Waals surface area (Å²) in [5, 5.41) is 1.95. The Balaban J connectivity index is 1.83. The Morgan fingerprint density at radius 2 is 1.66 bits per heavy atom. The van der Waals surface area contributed by atoms with Crippen LogP contribution < -0.4 is 4.90 Å². The predicted molar refractivity (Wildman–Crippen MR) is 127 cm³/mol. The van der Waals surface area contributed by atoms with Gasteiger partial charge in [-0.25, -0.2) is 14.3 Å². The molecule has 4 aromatic rings. The number of ether oxygens (including phenoxy) is 2. The Hall–Kier alpha value is -3.38. The average Bonchev–Trinajstić information content (AvgIpc) is 3.13. The third-order valence-corrected chi connectivity index (χ3v) is 5.59. The Morgan fingerprint density at radius 3 is 2.38 bits per heavy atom. The molecule has 0 N–H and O–H groups in total. The van der Waals surface area contributed by atoms with E-state index >= 15 is 0 Å². The van der Waals surface area contributed by atoms with Gasteiger partial charge in [-0.1, -0.05) is 48.5 Å². The molecule has 1 saturated heterocycles. The lowest BCUT2D eigenvalue weighted by Crippen LogP contribution is -2.37. The van der Waals surface area contributed by atoms with E-state index in [-0.39, 0.29) is 6.09 Å². The summed E-state index contributed by atoms with van der Waals surface area (Å²) in [4.78, 5) is 20.7. The molecule has 6 heteroatoms. The third kappa shape index (κ3) is 3.71. The van der Waals surface area contributed by atoms with Gasteiger partial charge >= 0.3 is 6.09 Å². The minimum Gasteiger partial charge on any atom is -0.443 e. The number of anilines is 1. The van der Waals surface area contributed by atoms with Crippen LogP contribution in [-0.4, -0.2) is 47.5 Å². The average molecular weight is 430 g/mol. The Kier molecular flexibility index (Phi) is 5.10. The van der Waals surface area contributed by atoms with Crippen LogP contribution in [0, 0.1) is 0 Å². The summed E-state index contributed by atoms with van der Waals surface area (Å²) in [5.41, 5.74) is 2.85. The largest absolute Gasteiger partial charge is 0.443 e. The highest BCUT2D eigenvalue weighted by molar-refractivity contribution is 6.17. The minimum absolute atomic E-state index is 0.387. The molecule has 6 nitrogen and oxygen atoms in total. The highest BCUT2D eigenvalue weighted by atomic mass is 16.6. The van der Waals surface area contributed by atoms with E-state index in [0.29, 0.717) is 13.2 Å². The number of aromatic nitrogens is 2. The van der Waals surface area contributed by atoms with Gasteiger partial charge in [-0.2, -0.15) is 0 Å². The van der Waals surface area contributed by atoms with E-state index in [1.807, 2.05) is 81.4 Å². The van der Waals surface area contributed by atoms with Crippen molar-refractivity contribution in [1.29, 1.82) is 0 Å². The summed E-state index contributed by atoms with van der Waals surface area (Å²) < 4.78 is 13.1. The molecule has 164 valence electrons. The van der Waals surface area contributed by atoms with Gasteiger partial charge in [-0.05, 0) is 32.9 Å². The number of benzene rings is 2. The van der Waals surface area contributed by atoms with Crippen LogP contribution in [0.2, 0.25) is 0 Å². The number of hydrogen-bond acceptors (Lipinski definition) is 5. The van der Waals surface area contributed by atoms with E-state index in [9.17, 15) is 4.79 Å². The normalized spacial score (nSPS) is 14.8. The van der Waals surface area contributed by atoms with Gasteiger partial charge in [0.1, 0.15) is 11.4 Å². The highest BCUT2D eigenvalue weighted by Gasteiger charge is 2.26. The van der Waals surface area contributed by atoms with E-state index in [0.717, 1.165) is 52.0 Å². The van der Waals surface area contributed by atoms with E-state index in [1.54, 1.807) is 4.57 Å². The van der Waals surface area contributed by atoms with Crippen LogP contribution in [0.1, 0.15) is 20.8 Å². The molecule has 2 aromatic heterocycles. The van der Waals surface area contributed by atoms with Crippen LogP contribution in [0.25, 0.3) is 33.1 Å². The van der Waals surface area contributed by atoms with Crippen molar-refractivity contribution in [3.05, 3.63) is 60.7 Å². The standard InChI is InChI=1S/C26H27N3O3/c1-26(2,3)32-25(30)29-21-12-8-7-11-19(21)23-22(29)17-20(18-9-5-4-6-10-18)27-24(23)28-13-15-31-16-14-28/h4-12,17H,13-16H2,1-3H3. The monoisotopic (exact) mass is 429 g/mol. The molecule has 0 unspecified atom stereocenters. The zero-order valence-corrected chi connectivity index (χ0v) is 18.7. The molecule has 0 atom stereocenters. The van der Waals surface area contributed by atoms with Crippen molar-refractivity contribution in [2.45, 2.75) is 26.4 Å². The second-order valence-electron chi connectivity index (χ2n) is 9.02. The Morgan fingerprint density at radius 1 is 0.969 bits per heavy atom. The van der Waals surface area contributed by atoms with Crippen molar-refractivity contribution in [1.82, 2.24) is 9.55 Å².